The van der Waals surface area contributed by atoms with E-state index in [0.29, 0.717) is 17.4 Å². The number of hydrogen-bond acceptors (Lipinski definition) is 5. The van der Waals surface area contributed by atoms with Crippen LogP contribution in [0.4, 0.5) is 5.82 Å². The molecule has 0 saturated heterocycles. The zero-order valence-corrected chi connectivity index (χ0v) is 15.4. The molecule has 0 radical (unpaired) electrons. The Morgan fingerprint density at radius 3 is 2.50 bits per heavy atom. The number of nitrogens with zero attached hydrogens (tertiary/aromatic N) is 2. The van der Waals surface area contributed by atoms with Crippen LogP contribution in [0.1, 0.15) is 45.1 Å². The van der Waals surface area contributed by atoms with Gasteiger partial charge in [-0.15, -0.1) is 11.8 Å². The third-order valence-corrected chi connectivity index (χ3v) is 4.56. The van der Waals surface area contributed by atoms with Gasteiger partial charge in [0.1, 0.15) is 5.82 Å². The minimum absolute atomic E-state index is 0.0570. The standard InChI is InChI=1S/C18H24N4OS/c1-12(17-20-10-9-15(19)22-17)21-16(23)11-24-14-7-5-13(6-8-14)18(2,3)4/h5-10,12H,11H2,1-4H3,(H,21,23)(H2,19,20,22). The Morgan fingerprint density at radius 2 is 1.92 bits per heavy atom. The number of carbonyl (C=O) groups is 1. The summed E-state index contributed by atoms with van der Waals surface area (Å²) in [6.07, 6.45) is 1.59. The summed E-state index contributed by atoms with van der Waals surface area (Å²) >= 11 is 1.51. The van der Waals surface area contributed by atoms with Crippen LogP contribution in [0.25, 0.3) is 0 Å². The first kappa shape index (κ1) is 18.3. The Hall–Kier alpha value is -2.08. The minimum atomic E-state index is -0.273. The number of nitrogens with two attached hydrogens (primary N) is 1. The van der Waals surface area contributed by atoms with E-state index >= 15 is 0 Å². The number of rotatable bonds is 5. The summed E-state index contributed by atoms with van der Waals surface area (Å²) in [5, 5.41) is 2.89. The topological polar surface area (TPSA) is 80.9 Å². The third kappa shape index (κ3) is 5.23. The van der Waals surface area contributed by atoms with E-state index in [0.717, 1.165) is 4.90 Å². The molecule has 0 aliphatic carbocycles. The lowest BCUT2D eigenvalue weighted by atomic mass is 9.87. The van der Waals surface area contributed by atoms with Gasteiger partial charge in [-0.3, -0.25) is 4.79 Å². The number of nitrogens with one attached hydrogen (secondary N) is 1. The largest absolute Gasteiger partial charge is 0.384 e. The molecule has 1 amide bonds. The van der Waals surface area contributed by atoms with Gasteiger partial charge in [0, 0.05) is 11.1 Å². The van der Waals surface area contributed by atoms with Crippen LogP contribution in [0.15, 0.2) is 41.4 Å². The molecule has 0 aliphatic rings. The lowest BCUT2D eigenvalue weighted by Gasteiger charge is -2.19. The summed E-state index contributed by atoms with van der Waals surface area (Å²) in [5.41, 5.74) is 7.05. The van der Waals surface area contributed by atoms with Crippen LogP contribution in [-0.2, 0) is 10.2 Å². The molecule has 1 atom stereocenters. The summed E-state index contributed by atoms with van der Waals surface area (Å²) in [4.78, 5) is 21.4. The highest BCUT2D eigenvalue weighted by atomic mass is 32.2. The fourth-order valence-electron chi connectivity index (χ4n) is 2.14. The highest BCUT2D eigenvalue weighted by Gasteiger charge is 2.14. The molecule has 0 bridgehead atoms. The second kappa shape index (κ2) is 7.66. The van der Waals surface area contributed by atoms with E-state index in [1.807, 2.05) is 6.92 Å². The van der Waals surface area contributed by atoms with Crippen molar-refractivity contribution in [2.24, 2.45) is 0 Å². The van der Waals surface area contributed by atoms with Gasteiger partial charge in [0.05, 0.1) is 11.8 Å². The van der Waals surface area contributed by atoms with Gasteiger partial charge in [0.2, 0.25) is 5.91 Å². The first-order valence-corrected chi connectivity index (χ1v) is 8.85. The molecular formula is C18H24N4OS. The predicted octanol–water partition coefficient (Wildman–Crippen LogP) is 3.33. The third-order valence-electron chi connectivity index (χ3n) is 3.55. The van der Waals surface area contributed by atoms with E-state index in [2.05, 4.69) is 60.3 Å². The Kier molecular flexibility index (Phi) is 5.83. The summed E-state index contributed by atoms with van der Waals surface area (Å²) in [6.45, 7) is 8.39. The molecule has 128 valence electrons. The smallest absolute Gasteiger partial charge is 0.230 e. The fraction of sp³-hybridized carbons (Fsp3) is 0.389. The first-order valence-electron chi connectivity index (χ1n) is 7.87. The van der Waals surface area contributed by atoms with Crippen LogP contribution in [0, 0.1) is 0 Å². The molecular weight excluding hydrogens is 320 g/mol. The van der Waals surface area contributed by atoms with E-state index in [9.17, 15) is 4.79 Å². The van der Waals surface area contributed by atoms with Gasteiger partial charge >= 0.3 is 0 Å². The average Bonchev–Trinajstić information content (AvgIpc) is 2.52. The van der Waals surface area contributed by atoms with Gasteiger partial charge in [-0.2, -0.15) is 0 Å². The zero-order valence-electron chi connectivity index (χ0n) is 14.5. The summed E-state index contributed by atoms with van der Waals surface area (Å²) < 4.78 is 0. The van der Waals surface area contributed by atoms with Crippen molar-refractivity contribution in [3.8, 4) is 0 Å². The van der Waals surface area contributed by atoms with Crippen molar-refractivity contribution in [2.75, 3.05) is 11.5 Å². The molecule has 6 heteroatoms. The van der Waals surface area contributed by atoms with Crippen LogP contribution < -0.4 is 11.1 Å². The van der Waals surface area contributed by atoms with Gasteiger partial charge in [-0.05, 0) is 36.1 Å². The van der Waals surface area contributed by atoms with E-state index < -0.39 is 0 Å². The second-order valence-electron chi connectivity index (χ2n) is 6.69. The Bertz CT molecular complexity index is 695. The second-order valence-corrected chi connectivity index (χ2v) is 7.74. The molecule has 2 aromatic rings. The quantitative estimate of drug-likeness (QED) is 0.813. The molecule has 5 nitrogen and oxygen atoms in total. The van der Waals surface area contributed by atoms with Crippen LogP contribution in [0.3, 0.4) is 0 Å². The molecule has 0 fully saturated rings. The van der Waals surface area contributed by atoms with Crippen molar-refractivity contribution >= 4 is 23.5 Å². The number of aromatic nitrogens is 2. The maximum absolute atomic E-state index is 12.1. The monoisotopic (exact) mass is 344 g/mol. The van der Waals surface area contributed by atoms with Gasteiger partial charge in [0.15, 0.2) is 5.82 Å². The van der Waals surface area contributed by atoms with Crippen LogP contribution in [0.2, 0.25) is 0 Å². The molecule has 1 aromatic heterocycles. The Labute approximate surface area is 147 Å². The van der Waals surface area contributed by atoms with Gasteiger partial charge < -0.3 is 11.1 Å². The van der Waals surface area contributed by atoms with Crippen molar-refractivity contribution in [3.63, 3.8) is 0 Å². The Morgan fingerprint density at radius 1 is 1.25 bits per heavy atom. The number of hydrogen-bond donors (Lipinski definition) is 2. The van der Waals surface area contributed by atoms with Crippen LogP contribution in [0.5, 0.6) is 0 Å². The minimum Gasteiger partial charge on any atom is -0.384 e. The van der Waals surface area contributed by atoms with Crippen LogP contribution >= 0.6 is 11.8 Å². The highest BCUT2D eigenvalue weighted by molar-refractivity contribution is 8.00. The average molecular weight is 344 g/mol. The maximum Gasteiger partial charge on any atom is 0.230 e. The number of amides is 1. The van der Waals surface area contributed by atoms with Gasteiger partial charge in [0.25, 0.3) is 0 Å². The summed E-state index contributed by atoms with van der Waals surface area (Å²) in [7, 11) is 0. The van der Waals surface area contributed by atoms with Crippen molar-refractivity contribution in [1.82, 2.24) is 15.3 Å². The fourth-order valence-corrected chi connectivity index (χ4v) is 2.85. The van der Waals surface area contributed by atoms with Crippen LogP contribution in [-0.4, -0.2) is 21.6 Å². The van der Waals surface area contributed by atoms with Crippen molar-refractivity contribution in [1.29, 1.82) is 0 Å². The molecule has 1 unspecified atom stereocenters. The molecule has 2 rings (SSSR count). The van der Waals surface area contributed by atoms with E-state index in [1.165, 1.54) is 17.3 Å². The molecule has 3 N–H and O–H groups in total. The van der Waals surface area contributed by atoms with Crippen molar-refractivity contribution in [2.45, 2.75) is 44.0 Å². The number of anilines is 1. The maximum atomic E-state index is 12.1. The molecule has 1 heterocycles. The number of carbonyl (C=O) groups excluding carboxylic acids is 1. The molecule has 0 aliphatic heterocycles. The predicted molar refractivity (Wildman–Crippen MR) is 98.9 cm³/mol. The van der Waals surface area contributed by atoms with Gasteiger partial charge in [-0.25, -0.2) is 9.97 Å². The van der Waals surface area contributed by atoms with E-state index in [1.54, 1.807) is 12.3 Å². The highest BCUT2D eigenvalue weighted by Crippen LogP contribution is 2.25. The number of thioether (sulfide) groups is 1. The molecule has 1 aromatic carbocycles. The van der Waals surface area contributed by atoms with E-state index in [4.69, 9.17) is 5.73 Å². The lowest BCUT2D eigenvalue weighted by molar-refractivity contribution is -0.119. The normalized spacial score (nSPS) is 12.7. The number of benzene rings is 1. The summed E-state index contributed by atoms with van der Waals surface area (Å²) in [5.74, 6) is 1.21. The number of nitrogen functional groups attached to an aromatic ring is 1. The summed E-state index contributed by atoms with van der Waals surface area (Å²) in [6, 6.07) is 9.69. The lowest BCUT2D eigenvalue weighted by Crippen LogP contribution is -2.29. The van der Waals surface area contributed by atoms with Gasteiger partial charge in [-0.1, -0.05) is 32.9 Å². The molecule has 24 heavy (non-hydrogen) atoms. The Balaban J connectivity index is 1.87. The van der Waals surface area contributed by atoms with Crippen molar-refractivity contribution < 1.29 is 4.79 Å². The SMILES string of the molecule is CC(NC(=O)CSc1ccc(C(C)(C)C)cc1)c1nccc(N)n1. The van der Waals surface area contributed by atoms with E-state index in [-0.39, 0.29) is 17.4 Å². The zero-order chi connectivity index (χ0) is 17.7. The first-order chi connectivity index (χ1) is 11.3. The molecule has 0 spiro atoms. The van der Waals surface area contributed by atoms with Crippen molar-refractivity contribution in [3.05, 3.63) is 47.9 Å². The molecule has 0 saturated carbocycles.